The minimum atomic E-state index is -0.0236. The van der Waals surface area contributed by atoms with Gasteiger partial charge in [0.1, 0.15) is 12.1 Å². The topological polar surface area (TPSA) is 52.1 Å². The summed E-state index contributed by atoms with van der Waals surface area (Å²) in [6.45, 7) is 0. The minimum Gasteiger partial charge on any atom is -0.497 e. The summed E-state index contributed by atoms with van der Waals surface area (Å²) in [6.07, 6.45) is 4.72. The molecule has 0 unspecified atom stereocenters. The van der Waals surface area contributed by atoms with Crippen molar-refractivity contribution in [1.82, 2.24) is 9.97 Å². The molecule has 0 N–H and O–H groups in total. The highest BCUT2D eigenvalue weighted by Crippen LogP contribution is 2.23. The zero-order valence-corrected chi connectivity index (χ0v) is 11.3. The van der Waals surface area contributed by atoms with Gasteiger partial charge in [0.15, 0.2) is 5.78 Å². The number of halogens is 1. The molecule has 1 aromatic heterocycles. The lowest BCUT2D eigenvalue weighted by atomic mass is 10.1. The van der Waals surface area contributed by atoms with Crippen molar-refractivity contribution >= 4 is 21.7 Å². The van der Waals surface area contributed by atoms with Gasteiger partial charge < -0.3 is 4.74 Å². The van der Waals surface area contributed by atoms with Gasteiger partial charge in [-0.2, -0.15) is 0 Å². The van der Waals surface area contributed by atoms with Crippen LogP contribution in [-0.2, 0) is 6.42 Å². The van der Waals surface area contributed by atoms with Gasteiger partial charge in [0.2, 0.25) is 0 Å². The maximum Gasteiger partial charge on any atom is 0.170 e. The largest absolute Gasteiger partial charge is 0.497 e. The molecule has 1 heterocycles. The molecule has 18 heavy (non-hydrogen) atoms. The molecule has 0 atom stereocenters. The first-order valence-electron chi connectivity index (χ1n) is 5.31. The van der Waals surface area contributed by atoms with E-state index in [2.05, 4.69) is 25.9 Å². The van der Waals surface area contributed by atoms with Crippen LogP contribution in [0.4, 0.5) is 0 Å². The van der Waals surface area contributed by atoms with Gasteiger partial charge in [0.25, 0.3) is 0 Å². The molecule has 0 aliphatic rings. The number of hydrogen-bond donors (Lipinski definition) is 0. The van der Waals surface area contributed by atoms with Crippen LogP contribution in [0, 0.1) is 0 Å². The Morgan fingerprint density at radius 2 is 2.06 bits per heavy atom. The third kappa shape index (κ3) is 2.92. The van der Waals surface area contributed by atoms with E-state index < -0.39 is 0 Å². The summed E-state index contributed by atoms with van der Waals surface area (Å²) in [5, 5.41) is 0. The average molecular weight is 307 g/mol. The predicted octanol–water partition coefficient (Wildman–Crippen LogP) is 2.67. The van der Waals surface area contributed by atoms with Gasteiger partial charge in [0.05, 0.1) is 12.7 Å². The fraction of sp³-hybridized carbons (Fsp3) is 0.154. The molecule has 0 saturated carbocycles. The molecule has 0 aliphatic carbocycles. The minimum absolute atomic E-state index is 0.0236. The Balaban J connectivity index is 2.21. The van der Waals surface area contributed by atoms with E-state index in [0.717, 1.165) is 15.8 Å². The second-order valence-electron chi connectivity index (χ2n) is 3.68. The van der Waals surface area contributed by atoms with Crippen LogP contribution < -0.4 is 4.74 Å². The van der Waals surface area contributed by atoms with E-state index in [1.807, 2.05) is 18.2 Å². The molecule has 5 heteroatoms. The van der Waals surface area contributed by atoms with Crippen LogP contribution in [0.15, 0.2) is 41.4 Å². The van der Waals surface area contributed by atoms with Crippen LogP contribution in [-0.4, -0.2) is 22.9 Å². The van der Waals surface area contributed by atoms with Crippen LogP contribution >= 0.6 is 15.9 Å². The van der Waals surface area contributed by atoms with Gasteiger partial charge >= 0.3 is 0 Å². The normalized spacial score (nSPS) is 10.1. The van der Waals surface area contributed by atoms with Crippen LogP contribution in [0.2, 0.25) is 0 Å². The lowest BCUT2D eigenvalue weighted by Gasteiger charge is -2.06. The van der Waals surface area contributed by atoms with E-state index in [0.29, 0.717) is 5.56 Å². The smallest absolute Gasteiger partial charge is 0.170 e. The van der Waals surface area contributed by atoms with Crippen molar-refractivity contribution in [2.75, 3.05) is 7.11 Å². The first kappa shape index (κ1) is 12.7. The van der Waals surface area contributed by atoms with Gasteiger partial charge in [-0.15, -0.1) is 0 Å². The summed E-state index contributed by atoms with van der Waals surface area (Å²) >= 11 is 3.42. The van der Waals surface area contributed by atoms with Gasteiger partial charge in [-0.1, -0.05) is 15.9 Å². The SMILES string of the molecule is COc1ccc(Br)c(CC(=O)c2cncnc2)c1. The van der Waals surface area contributed by atoms with Crippen molar-refractivity contribution in [3.63, 3.8) is 0 Å². The summed E-state index contributed by atoms with van der Waals surface area (Å²) in [5.41, 5.74) is 1.38. The molecule has 0 saturated heterocycles. The molecule has 0 amide bonds. The zero-order chi connectivity index (χ0) is 13.0. The maximum atomic E-state index is 12.0. The zero-order valence-electron chi connectivity index (χ0n) is 9.76. The van der Waals surface area contributed by atoms with E-state index in [9.17, 15) is 4.79 Å². The molecule has 0 spiro atoms. The van der Waals surface area contributed by atoms with E-state index in [4.69, 9.17) is 4.74 Å². The molecule has 2 aromatic rings. The number of rotatable bonds is 4. The number of Topliss-reactive ketones (excluding diaryl/α,β-unsaturated/α-hetero) is 1. The molecule has 2 rings (SSSR count). The molecular weight excluding hydrogens is 296 g/mol. The van der Waals surface area contributed by atoms with Crippen molar-refractivity contribution in [3.05, 3.63) is 52.5 Å². The lowest BCUT2D eigenvalue weighted by Crippen LogP contribution is -2.05. The number of benzene rings is 1. The number of methoxy groups -OCH3 is 1. The molecular formula is C13H11BrN2O2. The first-order valence-corrected chi connectivity index (χ1v) is 6.10. The Morgan fingerprint density at radius 3 is 2.72 bits per heavy atom. The second kappa shape index (κ2) is 5.73. The fourth-order valence-electron chi connectivity index (χ4n) is 1.53. The van der Waals surface area contributed by atoms with Gasteiger partial charge in [0, 0.05) is 23.3 Å². The highest BCUT2D eigenvalue weighted by atomic mass is 79.9. The van der Waals surface area contributed by atoms with Crippen LogP contribution in [0.5, 0.6) is 5.75 Å². The number of ether oxygens (including phenoxy) is 1. The number of hydrogen-bond acceptors (Lipinski definition) is 4. The number of carbonyl (C=O) groups excluding carboxylic acids is 1. The van der Waals surface area contributed by atoms with E-state index in [1.165, 1.54) is 18.7 Å². The number of ketones is 1. The van der Waals surface area contributed by atoms with Crippen molar-refractivity contribution in [3.8, 4) is 5.75 Å². The fourth-order valence-corrected chi connectivity index (χ4v) is 1.92. The van der Waals surface area contributed by atoms with Gasteiger partial charge in [-0.25, -0.2) is 9.97 Å². The number of carbonyl (C=O) groups is 1. The Bertz CT molecular complexity index is 558. The summed E-state index contributed by atoms with van der Waals surface area (Å²) in [4.78, 5) is 19.7. The Labute approximate surface area is 113 Å². The lowest BCUT2D eigenvalue weighted by molar-refractivity contribution is 0.0992. The highest BCUT2D eigenvalue weighted by Gasteiger charge is 2.10. The van der Waals surface area contributed by atoms with Crippen LogP contribution in [0.25, 0.3) is 0 Å². The maximum absolute atomic E-state index is 12.0. The van der Waals surface area contributed by atoms with E-state index >= 15 is 0 Å². The Hall–Kier alpha value is -1.75. The first-order chi connectivity index (χ1) is 8.70. The summed E-state index contributed by atoms with van der Waals surface area (Å²) in [6, 6.07) is 5.54. The monoisotopic (exact) mass is 306 g/mol. The van der Waals surface area contributed by atoms with Crippen molar-refractivity contribution in [2.45, 2.75) is 6.42 Å². The molecule has 0 radical (unpaired) electrons. The third-order valence-corrected chi connectivity index (χ3v) is 3.26. The predicted molar refractivity (Wildman–Crippen MR) is 70.8 cm³/mol. The van der Waals surface area contributed by atoms with E-state index in [-0.39, 0.29) is 12.2 Å². The standard InChI is InChI=1S/C13H11BrN2O2/c1-18-11-2-3-12(14)9(4-11)5-13(17)10-6-15-8-16-7-10/h2-4,6-8H,5H2,1H3. The summed E-state index contributed by atoms with van der Waals surface area (Å²) < 4.78 is 6.02. The average Bonchev–Trinajstić information content (AvgIpc) is 2.42. The Morgan fingerprint density at radius 1 is 1.33 bits per heavy atom. The van der Waals surface area contributed by atoms with Crippen LogP contribution in [0.1, 0.15) is 15.9 Å². The molecule has 0 aliphatic heterocycles. The number of aromatic nitrogens is 2. The highest BCUT2D eigenvalue weighted by molar-refractivity contribution is 9.10. The molecule has 4 nitrogen and oxygen atoms in total. The molecule has 1 aromatic carbocycles. The van der Waals surface area contributed by atoms with E-state index in [1.54, 1.807) is 7.11 Å². The van der Waals surface area contributed by atoms with Crippen LogP contribution in [0.3, 0.4) is 0 Å². The van der Waals surface area contributed by atoms with Gasteiger partial charge in [-0.05, 0) is 23.8 Å². The Kier molecular flexibility index (Phi) is 4.04. The third-order valence-electron chi connectivity index (χ3n) is 2.49. The number of nitrogens with zero attached hydrogens (tertiary/aromatic N) is 2. The van der Waals surface area contributed by atoms with Crippen molar-refractivity contribution in [1.29, 1.82) is 0 Å². The summed E-state index contributed by atoms with van der Waals surface area (Å²) in [5.74, 6) is 0.704. The van der Waals surface area contributed by atoms with Crippen molar-refractivity contribution in [2.24, 2.45) is 0 Å². The molecule has 0 fully saturated rings. The summed E-state index contributed by atoms with van der Waals surface area (Å²) in [7, 11) is 1.60. The van der Waals surface area contributed by atoms with Gasteiger partial charge in [-0.3, -0.25) is 4.79 Å². The molecule has 0 bridgehead atoms. The molecule has 92 valence electrons. The van der Waals surface area contributed by atoms with Crippen molar-refractivity contribution < 1.29 is 9.53 Å². The quantitative estimate of drug-likeness (QED) is 0.815. The second-order valence-corrected chi connectivity index (χ2v) is 4.54.